The van der Waals surface area contributed by atoms with Crippen LogP contribution >= 0.6 is 34.5 Å². The molecule has 0 radical (unpaired) electrons. The van der Waals surface area contributed by atoms with Gasteiger partial charge < -0.3 is 4.74 Å². The fourth-order valence-corrected chi connectivity index (χ4v) is 3.06. The van der Waals surface area contributed by atoms with Gasteiger partial charge in [-0.2, -0.15) is 0 Å². The summed E-state index contributed by atoms with van der Waals surface area (Å²) in [6.45, 7) is 1.61. The normalized spacial score (nSPS) is 11.8. The molecule has 9 heteroatoms. The van der Waals surface area contributed by atoms with Crippen molar-refractivity contribution in [1.29, 1.82) is 0 Å². The summed E-state index contributed by atoms with van der Waals surface area (Å²) in [5.74, 6) is 0.00916. The number of pyridine rings is 1. The van der Waals surface area contributed by atoms with Gasteiger partial charge >= 0.3 is 0 Å². The van der Waals surface area contributed by atoms with E-state index in [0.29, 0.717) is 31.6 Å². The largest absolute Gasteiger partial charge is 0.479 e. The van der Waals surface area contributed by atoms with Crippen molar-refractivity contribution in [2.24, 2.45) is 0 Å². The Labute approximate surface area is 157 Å². The fourth-order valence-electron chi connectivity index (χ4n) is 1.89. The summed E-state index contributed by atoms with van der Waals surface area (Å²) in [7, 11) is 0. The summed E-state index contributed by atoms with van der Waals surface area (Å²) >= 11 is 13.1. The van der Waals surface area contributed by atoms with Gasteiger partial charge in [-0.1, -0.05) is 40.6 Å². The van der Waals surface area contributed by atoms with Gasteiger partial charge in [0, 0.05) is 11.2 Å². The van der Waals surface area contributed by atoms with Gasteiger partial charge in [0.25, 0.3) is 5.91 Å². The number of rotatable bonds is 5. The Balaban J connectivity index is 1.65. The predicted octanol–water partition coefficient (Wildman–Crippen LogP) is 4.31. The Morgan fingerprint density at radius 3 is 2.80 bits per heavy atom. The molecule has 2 aromatic heterocycles. The number of halogens is 2. The zero-order valence-electron chi connectivity index (χ0n) is 12.9. The molecule has 0 aliphatic rings. The minimum absolute atomic E-state index is 0.334. The number of ether oxygens (including phenoxy) is 1. The molecule has 0 aliphatic heterocycles. The molecule has 1 N–H and O–H groups in total. The van der Waals surface area contributed by atoms with Crippen molar-refractivity contribution in [2.75, 3.05) is 5.32 Å². The van der Waals surface area contributed by atoms with Crippen LogP contribution in [0.2, 0.25) is 10.0 Å². The number of hydrogen-bond acceptors (Lipinski definition) is 6. The smallest absolute Gasteiger partial charge is 0.266 e. The summed E-state index contributed by atoms with van der Waals surface area (Å²) < 4.78 is 5.57. The van der Waals surface area contributed by atoms with E-state index in [9.17, 15) is 4.79 Å². The lowest BCUT2D eigenvalue weighted by atomic mass is 10.3. The second-order valence-corrected chi connectivity index (χ2v) is 6.77. The van der Waals surface area contributed by atoms with Crippen molar-refractivity contribution in [3.63, 3.8) is 0 Å². The monoisotopic (exact) mass is 394 g/mol. The first-order chi connectivity index (χ1) is 12.0. The number of benzene rings is 1. The number of carbonyl (C=O) groups excluding carboxylic acids is 1. The molecule has 6 nitrogen and oxygen atoms in total. The van der Waals surface area contributed by atoms with E-state index in [1.165, 1.54) is 11.3 Å². The molecule has 1 aromatic carbocycles. The molecule has 0 aliphatic carbocycles. The van der Waals surface area contributed by atoms with Crippen LogP contribution < -0.4 is 10.1 Å². The molecule has 2 heterocycles. The number of nitrogens with one attached hydrogen (secondary N) is 1. The quantitative estimate of drug-likeness (QED) is 0.697. The zero-order valence-corrected chi connectivity index (χ0v) is 15.3. The second-order valence-electron chi connectivity index (χ2n) is 4.95. The molecule has 25 heavy (non-hydrogen) atoms. The second kappa shape index (κ2) is 7.77. The number of nitrogens with zero attached hydrogens (tertiary/aromatic N) is 3. The lowest BCUT2D eigenvalue weighted by Crippen LogP contribution is -2.30. The van der Waals surface area contributed by atoms with Gasteiger partial charge in [-0.15, -0.1) is 10.2 Å². The molecule has 0 saturated carbocycles. The highest BCUT2D eigenvalue weighted by atomic mass is 35.5. The van der Waals surface area contributed by atoms with Crippen LogP contribution in [0.25, 0.3) is 10.7 Å². The molecule has 128 valence electrons. The van der Waals surface area contributed by atoms with Gasteiger partial charge in [0.2, 0.25) is 5.13 Å². The number of hydrogen-bond donors (Lipinski definition) is 1. The average molecular weight is 395 g/mol. The molecular formula is C16H12Cl2N4O2S. The molecule has 0 saturated heterocycles. The average Bonchev–Trinajstić information content (AvgIpc) is 3.06. The minimum atomic E-state index is -0.777. The van der Waals surface area contributed by atoms with Crippen molar-refractivity contribution >= 4 is 45.6 Å². The minimum Gasteiger partial charge on any atom is -0.479 e. The standard InChI is InChI=1S/C16H12Cl2N4O2S/c1-9(24-13-6-5-10(17)8-11(13)18)14(23)20-16-22-21-15(25-16)12-4-2-3-7-19-12/h2-9H,1H3,(H,20,22,23). The van der Waals surface area contributed by atoms with Crippen LogP contribution in [0.5, 0.6) is 5.75 Å². The van der Waals surface area contributed by atoms with E-state index in [0.717, 1.165) is 0 Å². The molecule has 0 fully saturated rings. The van der Waals surface area contributed by atoms with E-state index < -0.39 is 6.10 Å². The van der Waals surface area contributed by atoms with Crippen molar-refractivity contribution in [3.8, 4) is 16.5 Å². The predicted molar refractivity (Wildman–Crippen MR) is 98.3 cm³/mol. The van der Waals surface area contributed by atoms with Crippen molar-refractivity contribution < 1.29 is 9.53 Å². The van der Waals surface area contributed by atoms with Gasteiger partial charge in [-0.05, 0) is 37.3 Å². The first-order valence-electron chi connectivity index (χ1n) is 7.20. The summed E-state index contributed by atoms with van der Waals surface area (Å²) in [4.78, 5) is 16.5. The highest BCUT2D eigenvalue weighted by Crippen LogP contribution is 2.29. The fraction of sp³-hybridized carbons (Fsp3) is 0.125. The van der Waals surface area contributed by atoms with Crippen LogP contribution in [0.15, 0.2) is 42.6 Å². The molecule has 1 unspecified atom stereocenters. The van der Waals surface area contributed by atoms with E-state index in [2.05, 4.69) is 20.5 Å². The number of aromatic nitrogens is 3. The molecule has 1 amide bonds. The Kier molecular flexibility index (Phi) is 5.47. The molecule has 3 aromatic rings. The molecule has 0 spiro atoms. The summed E-state index contributed by atoms with van der Waals surface area (Å²) in [5.41, 5.74) is 0.692. The van der Waals surface area contributed by atoms with Gasteiger partial charge in [0.1, 0.15) is 11.4 Å². The van der Waals surface area contributed by atoms with Crippen molar-refractivity contribution in [2.45, 2.75) is 13.0 Å². The van der Waals surface area contributed by atoms with E-state index >= 15 is 0 Å². The summed E-state index contributed by atoms with van der Waals surface area (Å²) in [6.07, 6.45) is 0.890. The topological polar surface area (TPSA) is 77.0 Å². The molecule has 0 bridgehead atoms. The first kappa shape index (κ1) is 17.6. The Morgan fingerprint density at radius 1 is 1.24 bits per heavy atom. The summed E-state index contributed by atoms with van der Waals surface area (Å²) in [6, 6.07) is 10.3. The van der Waals surface area contributed by atoms with Gasteiger partial charge in [-0.25, -0.2) is 0 Å². The maximum atomic E-state index is 12.3. The van der Waals surface area contributed by atoms with Gasteiger partial charge in [0.15, 0.2) is 11.1 Å². The third-order valence-corrected chi connectivity index (χ3v) is 4.50. The molecular weight excluding hydrogens is 383 g/mol. The van der Waals surface area contributed by atoms with Crippen molar-refractivity contribution in [3.05, 3.63) is 52.6 Å². The SMILES string of the molecule is CC(Oc1ccc(Cl)cc1Cl)C(=O)Nc1nnc(-c2ccccn2)s1. The lowest BCUT2D eigenvalue weighted by Gasteiger charge is -2.14. The van der Waals surface area contributed by atoms with Gasteiger partial charge in [-0.3, -0.25) is 15.1 Å². The Hall–Kier alpha value is -2.22. The highest BCUT2D eigenvalue weighted by Gasteiger charge is 2.18. The van der Waals surface area contributed by atoms with Crippen LogP contribution in [0.1, 0.15) is 6.92 Å². The number of carbonyl (C=O) groups is 1. The third kappa shape index (κ3) is 4.45. The van der Waals surface area contributed by atoms with Crippen LogP contribution in [-0.4, -0.2) is 27.2 Å². The van der Waals surface area contributed by atoms with Crippen LogP contribution in [0.3, 0.4) is 0 Å². The maximum Gasteiger partial charge on any atom is 0.266 e. The highest BCUT2D eigenvalue weighted by molar-refractivity contribution is 7.18. The molecule has 1 atom stereocenters. The number of anilines is 1. The zero-order chi connectivity index (χ0) is 17.8. The first-order valence-corrected chi connectivity index (χ1v) is 8.77. The summed E-state index contributed by atoms with van der Waals surface area (Å²) in [5, 5.41) is 12.4. The maximum absolute atomic E-state index is 12.3. The van der Waals surface area contributed by atoms with Crippen molar-refractivity contribution in [1.82, 2.24) is 15.2 Å². The van der Waals surface area contributed by atoms with E-state index in [4.69, 9.17) is 27.9 Å². The Bertz CT molecular complexity index is 889. The number of amides is 1. The van der Waals surface area contributed by atoms with Crippen LogP contribution in [0, 0.1) is 0 Å². The lowest BCUT2D eigenvalue weighted by molar-refractivity contribution is -0.122. The van der Waals surface area contributed by atoms with E-state index in [1.54, 1.807) is 31.3 Å². The van der Waals surface area contributed by atoms with E-state index in [1.807, 2.05) is 18.2 Å². The third-order valence-electron chi connectivity index (χ3n) is 3.11. The van der Waals surface area contributed by atoms with E-state index in [-0.39, 0.29) is 5.91 Å². The van der Waals surface area contributed by atoms with Crippen LogP contribution in [0.4, 0.5) is 5.13 Å². The Morgan fingerprint density at radius 2 is 2.08 bits per heavy atom. The van der Waals surface area contributed by atoms with Crippen LogP contribution in [-0.2, 0) is 4.79 Å². The van der Waals surface area contributed by atoms with Gasteiger partial charge in [0.05, 0.1) is 5.02 Å². The molecule has 3 rings (SSSR count).